The Morgan fingerprint density at radius 1 is 0.900 bits per heavy atom. The van der Waals surface area contributed by atoms with Crippen molar-refractivity contribution in [3.63, 3.8) is 0 Å². The fraction of sp³-hybridized carbons (Fsp3) is 0.208. The molecule has 0 spiro atoms. The molecule has 0 atom stereocenters. The Hall–Kier alpha value is -2.96. The van der Waals surface area contributed by atoms with E-state index in [0.717, 1.165) is 33.3 Å². The van der Waals surface area contributed by atoms with Crippen molar-refractivity contribution in [2.75, 3.05) is 7.05 Å². The van der Waals surface area contributed by atoms with Crippen molar-refractivity contribution in [2.24, 2.45) is 0 Å². The first-order valence-electron chi connectivity index (χ1n) is 9.88. The summed E-state index contributed by atoms with van der Waals surface area (Å²) in [6, 6.07) is 23.1. The Morgan fingerprint density at radius 2 is 1.57 bits per heavy atom. The van der Waals surface area contributed by atoms with Crippen LogP contribution in [0.2, 0.25) is 0 Å². The monoisotopic (exact) mass is 419 g/mol. The van der Waals surface area contributed by atoms with Crippen molar-refractivity contribution in [3.05, 3.63) is 95.3 Å². The van der Waals surface area contributed by atoms with Crippen molar-refractivity contribution in [2.45, 2.75) is 31.8 Å². The molecule has 154 valence electrons. The molecule has 0 saturated carbocycles. The molecular formula is C24H25N3O2S. The predicted octanol–water partition coefficient (Wildman–Crippen LogP) is 4.52. The van der Waals surface area contributed by atoms with Crippen LogP contribution in [0, 0.1) is 13.8 Å². The van der Waals surface area contributed by atoms with Crippen LogP contribution in [0.25, 0.3) is 10.8 Å². The maximum Gasteiger partial charge on any atom is 0.243 e. The third-order valence-corrected chi connectivity index (χ3v) is 7.32. The second-order valence-electron chi connectivity index (χ2n) is 7.56. The third kappa shape index (κ3) is 3.88. The van der Waals surface area contributed by atoms with E-state index in [1.807, 2.05) is 67.1 Å². The summed E-state index contributed by atoms with van der Waals surface area (Å²) in [4.78, 5) is 0.302. The quantitative estimate of drug-likeness (QED) is 0.462. The number of aromatic nitrogens is 2. The zero-order valence-corrected chi connectivity index (χ0v) is 18.2. The highest BCUT2D eigenvalue weighted by atomic mass is 32.2. The molecule has 0 N–H and O–H groups in total. The Bertz CT molecular complexity index is 1290. The predicted molar refractivity (Wildman–Crippen MR) is 120 cm³/mol. The number of nitrogens with zero attached hydrogens (tertiary/aromatic N) is 3. The Balaban J connectivity index is 1.60. The Morgan fingerprint density at radius 3 is 2.30 bits per heavy atom. The lowest BCUT2D eigenvalue weighted by molar-refractivity contribution is 0.465. The molecule has 3 aromatic carbocycles. The van der Waals surface area contributed by atoms with Gasteiger partial charge in [-0.05, 0) is 42.3 Å². The molecule has 1 aromatic heterocycles. The van der Waals surface area contributed by atoms with E-state index < -0.39 is 10.0 Å². The number of fused-ring (bicyclic) bond motifs is 1. The topological polar surface area (TPSA) is 55.2 Å². The zero-order chi connectivity index (χ0) is 21.3. The lowest BCUT2D eigenvalue weighted by Gasteiger charge is -2.18. The Labute approximate surface area is 177 Å². The summed E-state index contributed by atoms with van der Waals surface area (Å²) in [6.07, 6.45) is 0. The second kappa shape index (κ2) is 8.05. The fourth-order valence-electron chi connectivity index (χ4n) is 3.69. The first-order chi connectivity index (χ1) is 14.4. The van der Waals surface area contributed by atoms with E-state index >= 15 is 0 Å². The van der Waals surface area contributed by atoms with Gasteiger partial charge in [-0.2, -0.15) is 9.40 Å². The molecule has 0 bridgehead atoms. The number of rotatable bonds is 6. The minimum atomic E-state index is -3.62. The number of hydrogen-bond donors (Lipinski definition) is 0. The highest BCUT2D eigenvalue weighted by molar-refractivity contribution is 7.89. The molecule has 0 unspecified atom stereocenters. The van der Waals surface area contributed by atoms with Crippen LogP contribution in [0.3, 0.4) is 0 Å². The molecular weight excluding hydrogens is 394 g/mol. The van der Waals surface area contributed by atoms with Gasteiger partial charge in [-0.25, -0.2) is 8.42 Å². The molecule has 0 aliphatic rings. The maximum absolute atomic E-state index is 13.2. The molecule has 4 rings (SSSR count). The highest BCUT2D eigenvalue weighted by Gasteiger charge is 2.24. The van der Waals surface area contributed by atoms with Gasteiger partial charge in [0.05, 0.1) is 17.1 Å². The van der Waals surface area contributed by atoms with Gasteiger partial charge in [-0.1, -0.05) is 60.7 Å². The van der Waals surface area contributed by atoms with Gasteiger partial charge in [0.1, 0.15) is 0 Å². The van der Waals surface area contributed by atoms with Gasteiger partial charge in [0.2, 0.25) is 10.0 Å². The number of sulfonamides is 1. The van der Waals surface area contributed by atoms with Crippen molar-refractivity contribution in [1.82, 2.24) is 14.1 Å². The summed E-state index contributed by atoms with van der Waals surface area (Å²) < 4.78 is 29.7. The maximum atomic E-state index is 13.2. The minimum Gasteiger partial charge on any atom is -0.265 e. The van der Waals surface area contributed by atoms with E-state index in [9.17, 15) is 8.42 Å². The van der Waals surface area contributed by atoms with Crippen LogP contribution in [-0.2, 0) is 23.1 Å². The van der Waals surface area contributed by atoms with E-state index in [4.69, 9.17) is 0 Å². The number of aryl methyl sites for hydroxylation is 1. The first kappa shape index (κ1) is 20.3. The van der Waals surface area contributed by atoms with Crippen molar-refractivity contribution in [3.8, 4) is 0 Å². The number of benzene rings is 3. The summed E-state index contributed by atoms with van der Waals surface area (Å²) in [7, 11) is -1.99. The molecule has 1 heterocycles. The largest absolute Gasteiger partial charge is 0.265 e. The summed E-state index contributed by atoms with van der Waals surface area (Å²) in [5.74, 6) is 0. The van der Waals surface area contributed by atoms with Gasteiger partial charge in [0.15, 0.2) is 0 Å². The van der Waals surface area contributed by atoms with Crippen LogP contribution in [0.5, 0.6) is 0 Å². The van der Waals surface area contributed by atoms with Crippen LogP contribution in [-0.4, -0.2) is 29.6 Å². The molecule has 0 radical (unpaired) electrons. The van der Waals surface area contributed by atoms with Gasteiger partial charge in [-0.3, -0.25) is 4.68 Å². The van der Waals surface area contributed by atoms with Crippen molar-refractivity contribution < 1.29 is 8.42 Å². The second-order valence-corrected chi connectivity index (χ2v) is 9.61. The molecule has 0 amide bonds. The van der Waals surface area contributed by atoms with Gasteiger partial charge in [0.25, 0.3) is 0 Å². The van der Waals surface area contributed by atoms with Crippen LogP contribution < -0.4 is 0 Å². The lowest BCUT2D eigenvalue weighted by atomic mass is 10.1. The summed E-state index contributed by atoms with van der Waals surface area (Å²) in [5, 5.41) is 6.58. The van der Waals surface area contributed by atoms with E-state index in [1.54, 1.807) is 19.2 Å². The molecule has 0 saturated heterocycles. The van der Waals surface area contributed by atoms with E-state index in [0.29, 0.717) is 11.4 Å². The molecule has 0 fully saturated rings. The molecule has 0 aliphatic carbocycles. The standard InChI is InChI=1S/C24H25N3O2S/c1-18-24(19(2)27(25-18)16-20-9-5-4-6-10-20)17-26(3)30(28,29)23-14-13-21-11-7-8-12-22(21)15-23/h4-15H,16-17H2,1-3H3. The third-order valence-electron chi connectivity index (χ3n) is 5.52. The van der Waals surface area contributed by atoms with Crippen LogP contribution in [0.15, 0.2) is 77.7 Å². The van der Waals surface area contributed by atoms with Gasteiger partial charge < -0.3 is 0 Å². The average molecular weight is 420 g/mol. The smallest absolute Gasteiger partial charge is 0.243 e. The summed E-state index contributed by atoms with van der Waals surface area (Å²) in [5.41, 5.74) is 3.94. The SMILES string of the molecule is Cc1nn(Cc2ccccc2)c(C)c1CN(C)S(=O)(=O)c1ccc2ccccc2c1. The fourth-order valence-corrected chi connectivity index (χ4v) is 4.86. The van der Waals surface area contributed by atoms with Crippen molar-refractivity contribution >= 4 is 20.8 Å². The normalized spacial score (nSPS) is 12.0. The Kier molecular flexibility index (Phi) is 5.45. The minimum absolute atomic E-state index is 0.279. The lowest BCUT2D eigenvalue weighted by Crippen LogP contribution is -2.27. The molecule has 4 aromatic rings. The summed E-state index contributed by atoms with van der Waals surface area (Å²) in [6.45, 7) is 4.87. The van der Waals surface area contributed by atoms with E-state index in [1.165, 1.54) is 4.31 Å². The van der Waals surface area contributed by atoms with Gasteiger partial charge in [-0.15, -0.1) is 0 Å². The van der Waals surface area contributed by atoms with Gasteiger partial charge >= 0.3 is 0 Å². The molecule has 5 nitrogen and oxygen atoms in total. The number of hydrogen-bond acceptors (Lipinski definition) is 3. The van der Waals surface area contributed by atoms with Crippen molar-refractivity contribution in [1.29, 1.82) is 0 Å². The highest BCUT2D eigenvalue weighted by Crippen LogP contribution is 2.24. The molecule has 6 heteroatoms. The summed E-state index contributed by atoms with van der Waals surface area (Å²) >= 11 is 0. The molecule has 0 aliphatic heterocycles. The van der Waals surface area contributed by atoms with E-state index in [2.05, 4.69) is 17.2 Å². The van der Waals surface area contributed by atoms with Gasteiger partial charge in [0, 0.05) is 24.8 Å². The van der Waals surface area contributed by atoms with Crippen LogP contribution in [0.4, 0.5) is 0 Å². The zero-order valence-electron chi connectivity index (χ0n) is 17.4. The first-order valence-corrected chi connectivity index (χ1v) is 11.3. The van der Waals surface area contributed by atoms with Crippen LogP contribution >= 0.6 is 0 Å². The molecule has 30 heavy (non-hydrogen) atoms. The van der Waals surface area contributed by atoms with E-state index in [-0.39, 0.29) is 6.54 Å². The average Bonchev–Trinajstić information content (AvgIpc) is 3.01. The van der Waals surface area contributed by atoms with Crippen LogP contribution in [0.1, 0.15) is 22.5 Å².